The van der Waals surface area contributed by atoms with E-state index in [4.69, 9.17) is 9.84 Å². The largest absolute Gasteiger partial charge is 0.395 e. The number of anilines is 1. The van der Waals surface area contributed by atoms with Crippen LogP contribution in [0.3, 0.4) is 0 Å². The van der Waals surface area contributed by atoms with Gasteiger partial charge in [0.15, 0.2) is 5.82 Å². The van der Waals surface area contributed by atoms with E-state index in [9.17, 15) is 4.79 Å². The van der Waals surface area contributed by atoms with Crippen molar-refractivity contribution < 1.29 is 9.84 Å². The highest BCUT2D eigenvalue weighted by molar-refractivity contribution is 5.35. The van der Waals surface area contributed by atoms with Crippen LogP contribution in [0.2, 0.25) is 0 Å². The molecule has 6 heteroatoms. The Morgan fingerprint density at radius 1 is 1.50 bits per heavy atom. The minimum absolute atomic E-state index is 0.0264. The van der Waals surface area contributed by atoms with Gasteiger partial charge in [-0.2, -0.15) is 0 Å². The molecule has 0 aromatic carbocycles. The van der Waals surface area contributed by atoms with E-state index in [-0.39, 0.29) is 18.2 Å². The third-order valence-corrected chi connectivity index (χ3v) is 2.64. The smallest absolute Gasteiger partial charge is 0.293 e. The van der Waals surface area contributed by atoms with Gasteiger partial charge in [-0.15, -0.1) is 0 Å². The molecule has 1 aromatic rings. The molecule has 1 N–H and O–H groups in total. The Bertz CT molecular complexity index is 417. The standard InChI is InChI=1S/C12H21N3O3/c1-10(2)15-5-4-13-11(12(15)17)14(6-8-16)7-9-18-3/h4-5,10,16H,6-9H2,1-3H3. The van der Waals surface area contributed by atoms with E-state index in [0.717, 1.165) is 0 Å². The molecule has 0 radical (unpaired) electrons. The predicted molar refractivity (Wildman–Crippen MR) is 70.1 cm³/mol. The van der Waals surface area contributed by atoms with Crippen LogP contribution >= 0.6 is 0 Å². The Labute approximate surface area is 107 Å². The molecule has 0 fully saturated rings. The molecule has 1 rings (SSSR count). The first-order valence-electron chi connectivity index (χ1n) is 6.03. The van der Waals surface area contributed by atoms with Crippen molar-refractivity contribution in [3.63, 3.8) is 0 Å². The van der Waals surface area contributed by atoms with E-state index in [0.29, 0.717) is 25.5 Å². The number of hydrogen-bond acceptors (Lipinski definition) is 5. The van der Waals surface area contributed by atoms with Crippen molar-refractivity contribution in [3.05, 3.63) is 22.7 Å². The maximum absolute atomic E-state index is 12.2. The van der Waals surface area contributed by atoms with Crippen LogP contribution in [0.4, 0.5) is 5.82 Å². The van der Waals surface area contributed by atoms with Crippen LogP contribution in [0.1, 0.15) is 19.9 Å². The second-order valence-electron chi connectivity index (χ2n) is 4.26. The number of ether oxygens (including phenoxy) is 1. The number of methoxy groups -OCH3 is 1. The van der Waals surface area contributed by atoms with Crippen molar-refractivity contribution in [2.45, 2.75) is 19.9 Å². The minimum atomic E-state index is -0.142. The Morgan fingerprint density at radius 3 is 2.78 bits per heavy atom. The summed E-state index contributed by atoms with van der Waals surface area (Å²) in [5, 5.41) is 9.05. The second-order valence-corrected chi connectivity index (χ2v) is 4.26. The van der Waals surface area contributed by atoms with Crippen molar-refractivity contribution in [2.75, 3.05) is 38.3 Å². The lowest BCUT2D eigenvalue weighted by atomic mass is 10.3. The van der Waals surface area contributed by atoms with Crippen LogP contribution in [0.25, 0.3) is 0 Å². The summed E-state index contributed by atoms with van der Waals surface area (Å²) in [5.41, 5.74) is -0.142. The fourth-order valence-electron chi connectivity index (χ4n) is 1.68. The SMILES string of the molecule is COCCN(CCO)c1nccn(C(C)C)c1=O. The molecule has 0 saturated carbocycles. The predicted octanol–water partition coefficient (Wildman–Crippen LogP) is 0.269. The summed E-state index contributed by atoms with van der Waals surface area (Å²) in [7, 11) is 1.60. The van der Waals surface area contributed by atoms with Crippen LogP contribution in [0, 0.1) is 0 Å². The average Bonchev–Trinajstić information content (AvgIpc) is 2.34. The molecule has 0 unspecified atom stereocenters. The molecule has 1 heterocycles. The normalized spacial score (nSPS) is 10.9. The van der Waals surface area contributed by atoms with Gasteiger partial charge in [-0.3, -0.25) is 4.79 Å². The van der Waals surface area contributed by atoms with Crippen LogP contribution in [0.5, 0.6) is 0 Å². The summed E-state index contributed by atoms with van der Waals surface area (Å²) < 4.78 is 6.62. The van der Waals surface area contributed by atoms with Crippen LogP contribution in [-0.2, 0) is 4.74 Å². The van der Waals surface area contributed by atoms with Crippen LogP contribution < -0.4 is 10.5 Å². The zero-order valence-electron chi connectivity index (χ0n) is 11.2. The van der Waals surface area contributed by atoms with Gasteiger partial charge in [-0.25, -0.2) is 4.98 Å². The molecule has 0 aliphatic heterocycles. The lowest BCUT2D eigenvalue weighted by molar-refractivity contribution is 0.202. The maximum atomic E-state index is 12.2. The molecule has 0 amide bonds. The summed E-state index contributed by atoms with van der Waals surface area (Å²) in [5.74, 6) is 0.359. The minimum Gasteiger partial charge on any atom is -0.395 e. The number of aliphatic hydroxyl groups is 1. The molecule has 18 heavy (non-hydrogen) atoms. The highest BCUT2D eigenvalue weighted by Crippen LogP contribution is 2.06. The highest BCUT2D eigenvalue weighted by Gasteiger charge is 2.14. The third kappa shape index (κ3) is 3.54. The maximum Gasteiger partial charge on any atom is 0.293 e. The number of nitrogens with zero attached hydrogens (tertiary/aromatic N) is 3. The Balaban J connectivity index is 3.04. The first-order chi connectivity index (χ1) is 8.61. The van der Waals surface area contributed by atoms with E-state index in [1.807, 2.05) is 13.8 Å². The highest BCUT2D eigenvalue weighted by atomic mass is 16.5. The molecule has 0 spiro atoms. The van der Waals surface area contributed by atoms with E-state index in [2.05, 4.69) is 4.98 Å². The van der Waals surface area contributed by atoms with Gasteiger partial charge >= 0.3 is 0 Å². The summed E-state index contributed by atoms with van der Waals surface area (Å²) in [6, 6.07) is 0.0812. The number of aliphatic hydroxyl groups excluding tert-OH is 1. The summed E-state index contributed by atoms with van der Waals surface area (Å²) in [6.45, 7) is 5.24. The molecule has 6 nitrogen and oxygen atoms in total. The van der Waals surface area contributed by atoms with Gasteiger partial charge in [0.1, 0.15) is 0 Å². The Hall–Kier alpha value is -1.40. The number of hydrogen-bond donors (Lipinski definition) is 1. The number of rotatable bonds is 7. The van der Waals surface area contributed by atoms with Gasteiger partial charge in [0.25, 0.3) is 5.56 Å². The lowest BCUT2D eigenvalue weighted by Gasteiger charge is -2.22. The molecule has 0 aliphatic rings. The monoisotopic (exact) mass is 255 g/mol. The summed E-state index contributed by atoms with van der Waals surface area (Å²) >= 11 is 0. The van der Waals surface area contributed by atoms with Gasteiger partial charge in [0, 0.05) is 38.6 Å². The molecular formula is C12H21N3O3. The van der Waals surface area contributed by atoms with Gasteiger partial charge in [-0.1, -0.05) is 0 Å². The zero-order valence-corrected chi connectivity index (χ0v) is 11.2. The molecular weight excluding hydrogens is 234 g/mol. The second kappa shape index (κ2) is 7.13. The van der Waals surface area contributed by atoms with E-state index < -0.39 is 0 Å². The molecule has 0 aliphatic carbocycles. The first kappa shape index (κ1) is 14.7. The lowest BCUT2D eigenvalue weighted by Crippen LogP contribution is -2.37. The molecule has 102 valence electrons. The topological polar surface area (TPSA) is 67.6 Å². The van der Waals surface area contributed by atoms with E-state index in [1.54, 1.807) is 29.0 Å². The van der Waals surface area contributed by atoms with Crippen molar-refractivity contribution in [1.82, 2.24) is 9.55 Å². The van der Waals surface area contributed by atoms with E-state index >= 15 is 0 Å². The third-order valence-electron chi connectivity index (χ3n) is 2.64. The van der Waals surface area contributed by atoms with E-state index in [1.165, 1.54) is 0 Å². The molecule has 1 aromatic heterocycles. The number of aromatic nitrogens is 2. The van der Waals surface area contributed by atoms with Gasteiger partial charge in [0.05, 0.1) is 13.2 Å². The van der Waals surface area contributed by atoms with Crippen molar-refractivity contribution in [2.24, 2.45) is 0 Å². The Kier molecular flexibility index (Phi) is 5.80. The zero-order chi connectivity index (χ0) is 13.5. The summed E-state index contributed by atoms with van der Waals surface area (Å²) in [6.07, 6.45) is 3.28. The quantitative estimate of drug-likeness (QED) is 0.757. The van der Waals surface area contributed by atoms with Gasteiger partial charge in [0.2, 0.25) is 0 Å². The van der Waals surface area contributed by atoms with Crippen LogP contribution in [-0.4, -0.2) is 48.1 Å². The Morgan fingerprint density at radius 2 is 2.22 bits per heavy atom. The first-order valence-corrected chi connectivity index (χ1v) is 6.03. The molecule has 0 bridgehead atoms. The van der Waals surface area contributed by atoms with Crippen molar-refractivity contribution >= 4 is 5.82 Å². The van der Waals surface area contributed by atoms with Crippen molar-refractivity contribution in [1.29, 1.82) is 0 Å². The van der Waals surface area contributed by atoms with Gasteiger partial charge < -0.3 is 19.3 Å². The van der Waals surface area contributed by atoms with Crippen molar-refractivity contribution in [3.8, 4) is 0 Å². The fraction of sp³-hybridized carbons (Fsp3) is 0.667. The summed E-state index contributed by atoms with van der Waals surface area (Å²) in [4.78, 5) is 18.1. The van der Waals surface area contributed by atoms with Crippen LogP contribution in [0.15, 0.2) is 17.2 Å². The van der Waals surface area contributed by atoms with Gasteiger partial charge in [-0.05, 0) is 13.8 Å². The fourth-order valence-corrected chi connectivity index (χ4v) is 1.68. The average molecular weight is 255 g/mol. The molecule has 0 saturated heterocycles. The molecule has 0 atom stereocenters.